The molecule has 0 N–H and O–H groups in total. The highest BCUT2D eigenvalue weighted by molar-refractivity contribution is 9.09. The zero-order chi connectivity index (χ0) is 22.9. The molecule has 0 spiro atoms. The highest BCUT2D eigenvalue weighted by Gasteiger charge is 2.67. The van der Waals surface area contributed by atoms with Gasteiger partial charge in [0.05, 0.1) is 16.2 Å². The molecule has 170 valence electrons. The highest BCUT2D eigenvalue weighted by atomic mass is 79.9. The molecule has 6 heteroatoms. The van der Waals surface area contributed by atoms with Gasteiger partial charge in [0.2, 0.25) is 17.7 Å². The number of rotatable bonds is 3. The minimum atomic E-state index is -0.764. The van der Waals surface area contributed by atoms with Crippen molar-refractivity contribution in [2.24, 2.45) is 11.8 Å². The lowest BCUT2D eigenvalue weighted by molar-refractivity contribution is -0.147. The smallest absolute Gasteiger partial charge is 0.242 e. The van der Waals surface area contributed by atoms with Crippen molar-refractivity contribution in [3.8, 4) is 0 Å². The van der Waals surface area contributed by atoms with Crippen LogP contribution in [0.15, 0.2) is 48.5 Å². The number of hydrogen-bond acceptors (Lipinski definition) is 3. The van der Waals surface area contributed by atoms with E-state index in [0.717, 1.165) is 47.9 Å². The molecule has 1 saturated heterocycles. The van der Waals surface area contributed by atoms with Crippen LogP contribution in [0.25, 0.3) is 0 Å². The largest absolute Gasteiger partial charge is 0.341 e. The fourth-order valence-electron chi connectivity index (χ4n) is 6.81. The van der Waals surface area contributed by atoms with Crippen LogP contribution in [0.1, 0.15) is 60.3 Å². The van der Waals surface area contributed by atoms with Gasteiger partial charge in [-0.3, -0.25) is 19.3 Å². The molecule has 2 bridgehead atoms. The van der Waals surface area contributed by atoms with Crippen molar-refractivity contribution in [3.63, 3.8) is 0 Å². The summed E-state index contributed by atoms with van der Waals surface area (Å²) in [5.41, 5.74) is 4.32. The maximum absolute atomic E-state index is 13.8. The van der Waals surface area contributed by atoms with E-state index in [0.29, 0.717) is 0 Å². The second-order valence-corrected chi connectivity index (χ2v) is 11.2. The molecular weight excluding hydrogens is 480 g/mol. The SMILES string of the molecule is CN(C(=O)CN1C(=O)[C@@H]2[C@@H](C1=O)C1c3ccccc3C2(Br)c2ccccc21)C1CCCCC1. The molecule has 2 aromatic rings. The van der Waals surface area contributed by atoms with E-state index in [1.807, 2.05) is 31.3 Å². The average molecular weight is 507 g/mol. The second kappa shape index (κ2) is 7.52. The van der Waals surface area contributed by atoms with Gasteiger partial charge in [0.1, 0.15) is 6.54 Å². The summed E-state index contributed by atoms with van der Waals surface area (Å²) in [7, 11) is 1.82. The average Bonchev–Trinajstić information content (AvgIpc) is 3.10. The van der Waals surface area contributed by atoms with Gasteiger partial charge in [0.25, 0.3) is 0 Å². The van der Waals surface area contributed by atoms with Gasteiger partial charge < -0.3 is 4.90 Å². The van der Waals surface area contributed by atoms with Crippen LogP contribution in [-0.4, -0.2) is 47.2 Å². The minimum absolute atomic E-state index is 0.145. The molecule has 1 heterocycles. The number of carbonyl (C=O) groups excluding carboxylic acids is 3. The Labute approximate surface area is 202 Å². The van der Waals surface area contributed by atoms with E-state index in [-0.39, 0.29) is 36.2 Å². The number of amides is 3. The molecule has 0 radical (unpaired) electrons. The lowest BCUT2D eigenvalue weighted by atomic mass is 9.55. The van der Waals surface area contributed by atoms with Gasteiger partial charge in [-0.05, 0) is 35.1 Å². The molecule has 5 aliphatic rings. The second-order valence-electron chi connectivity index (χ2n) is 9.93. The first-order valence-corrected chi connectivity index (χ1v) is 12.7. The standard InChI is InChI=1S/C27H27BrN2O3/c1-29(16-9-3-2-4-10-16)21(31)15-30-25(32)23-22-17-11-5-7-13-19(17)27(28,24(23)26(30)33)20-14-8-6-12-18(20)22/h5-8,11-14,16,22-24H,2-4,9-10,15H2,1H3/t22?,23-,24-,27?/m0/s1. The van der Waals surface area contributed by atoms with Gasteiger partial charge in [-0.2, -0.15) is 0 Å². The number of nitrogens with zero attached hydrogens (tertiary/aromatic N) is 2. The molecular formula is C27H27BrN2O3. The number of likely N-dealkylation sites (N-methyl/N-ethyl adjacent to an activating group) is 1. The first kappa shape index (κ1) is 21.1. The molecule has 1 aliphatic heterocycles. The van der Waals surface area contributed by atoms with Crippen LogP contribution >= 0.6 is 15.9 Å². The summed E-state index contributed by atoms with van der Waals surface area (Å²) in [4.78, 5) is 43.7. The summed E-state index contributed by atoms with van der Waals surface area (Å²) in [6, 6.07) is 16.4. The van der Waals surface area contributed by atoms with Crippen molar-refractivity contribution < 1.29 is 14.4 Å². The third-order valence-corrected chi connectivity index (χ3v) is 9.76. The lowest BCUT2D eigenvalue weighted by Gasteiger charge is -2.51. The summed E-state index contributed by atoms with van der Waals surface area (Å²) in [6.45, 7) is -0.167. The van der Waals surface area contributed by atoms with Crippen molar-refractivity contribution in [1.29, 1.82) is 0 Å². The van der Waals surface area contributed by atoms with E-state index in [2.05, 4.69) is 40.2 Å². The number of halogens is 1. The van der Waals surface area contributed by atoms with Gasteiger partial charge in [-0.25, -0.2) is 0 Å². The first-order valence-electron chi connectivity index (χ1n) is 11.9. The Balaban J connectivity index is 1.38. The zero-order valence-electron chi connectivity index (χ0n) is 18.7. The van der Waals surface area contributed by atoms with E-state index in [9.17, 15) is 14.4 Å². The van der Waals surface area contributed by atoms with Crippen LogP contribution in [0, 0.1) is 11.8 Å². The molecule has 0 unspecified atom stereocenters. The molecule has 3 amide bonds. The summed E-state index contributed by atoms with van der Waals surface area (Å²) in [5.74, 6) is -1.81. The van der Waals surface area contributed by atoms with E-state index in [1.165, 1.54) is 11.3 Å². The predicted molar refractivity (Wildman–Crippen MR) is 128 cm³/mol. The third kappa shape index (κ3) is 2.79. The van der Waals surface area contributed by atoms with Gasteiger partial charge in [-0.1, -0.05) is 83.7 Å². The first-order chi connectivity index (χ1) is 15.9. The zero-order valence-corrected chi connectivity index (χ0v) is 20.3. The van der Waals surface area contributed by atoms with Gasteiger partial charge in [0, 0.05) is 19.0 Å². The quantitative estimate of drug-likeness (QED) is 0.463. The monoisotopic (exact) mass is 506 g/mol. The predicted octanol–water partition coefficient (Wildman–Crippen LogP) is 4.18. The number of hydrogen-bond donors (Lipinski definition) is 0. The molecule has 0 aromatic heterocycles. The summed E-state index contributed by atoms with van der Waals surface area (Å²) in [5, 5.41) is 0. The van der Waals surface area contributed by atoms with Crippen molar-refractivity contribution in [2.75, 3.05) is 13.6 Å². The van der Waals surface area contributed by atoms with Crippen LogP contribution < -0.4 is 0 Å². The summed E-state index contributed by atoms with van der Waals surface area (Å²) in [6.07, 6.45) is 5.44. The Morgan fingerprint density at radius 1 is 0.970 bits per heavy atom. The molecule has 2 aromatic carbocycles. The van der Waals surface area contributed by atoms with E-state index >= 15 is 0 Å². The third-order valence-electron chi connectivity index (χ3n) is 8.41. The van der Waals surface area contributed by atoms with E-state index in [4.69, 9.17) is 0 Å². The Morgan fingerprint density at radius 3 is 2.15 bits per heavy atom. The van der Waals surface area contributed by atoms with E-state index in [1.54, 1.807) is 4.90 Å². The van der Waals surface area contributed by atoms with Gasteiger partial charge in [-0.15, -0.1) is 0 Å². The van der Waals surface area contributed by atoms with Crippen molar-refractivity contribution in [2.45, 2.75) is 48.4 Å². The Morgan fingerprint density at radius 2 is 1.55 bits per heavy atom. The topological polar surface area (TPSA) is 57.7 Å². The molecule has 5 nitrogen and oxygen atoms in total. The maximum atomic E-state index is 13.8. The van der Waals surface area contributed by atoms with Gasteiger partial charge >= 0.3 is 0 Å². The van der Waals surface area contributed by atoms with Crippen molar-refractivity contribution >= 4 is 33.7 Å². The fourth-order valence-corrected chi connectivity index (χ4v) is 8.02. The highest BCUT2D eigenvalue weighted by Crippen LogP contribution is 2.66. The normalized spacial score (nSPS) is 30.1. The Kier molecular flexibility index (Phi) is 4.81. The number of imide groups is 1. The van der Waals surface area contributed by atoms with Crippen LogP contribution in [0.4, 0.5) is 0 Å². The minimum Gasteiger partial charge on any atom is -0.341 e. The molecule has 7 rings (SSSR count). The summed E-state index contributed by atoms with van der Waals surface area (Å²) < 4.78 is -0.764. The maximum Gasteiger partial charge on any atom is 0.242 e. The van der Waals surface area contributed by atoms with Crippen LogP contribution in [0.3, 0.4) is 0 Å². The number of benzene rings is 2. The van der Waals surface area contributed by atoms with Crippen LogP contribution in [0.5, 0.6) is 0 Å². The molecule has 2 fully saturated rings. The number of carbonyl (C=O) groups is 3. The Bertz CT molecular complexity index is 1120. The van der Waals surface area contributed by atoms with Crippen molar-refractivity contribution in [1.82, 2.24) is 9.80 Å². The summed E-state index contributed by atoms with van der Waals surface area (Å²) >= 11 is 4.00. The van der Waals surface area contributed by atoms with Crippen molar-refractivity contribution in [3.05, 3.63) is 70.8 Å². The van der Waals surface area contributed by atoms with E-state index < -0.39 is 16.2 Å². The van der Waals surface area contributed by atoms with Crippen LogP contribution in [-0.2, 0) is 18.7 Å². The number of likely N-dealkylation sites (tertiary alicyclic amines) is 1. The van der Waals surface area contributed by atoms with Gasteiger partial charge in [0.15, 0.2) is 0 Å². The van der Waals surface area contributed by atoms with Crippen LogP contribution in [0.2, 0.25) is 0 Å². The molecule has 4 aliphatic carbocycles. The molecule has 33 heavy (non-hydrogen) atoms. The lowest BCUT2D eigenvalue weighted by Crippen LogP contribution is -2.50. The Hall–Kier alpha value is -2.47. The molecule has 2 atom stereocenters. The number of alkyl halides is 1. The molecule has 1 saturated carbocycles. The fraction of sp³-hybridized carbons (Fsp3) is 0.444.